The Morgan fingerprint density at radius 1 is 1.31 bits per heavy atom. The first-order valence-corrected chi connectivity index (χ1v) is 5.94. The first-order valence-electron chi connectivity index (χ1n) is 4.95. The molecular formula is C10H20N2S. The van der Waals surface area contributed by atoms with Gasteiger partial charge in [0.1, 0.15) is 5.84 Å². The van der Waals surface area contributed by atoms with Crippen LogP contribution in [-0.4, -0.2) is 34.3 Å². The molecule has 2 nitrogen and oxygen atoms in total. The van der Waals surface area contributed by atoms with E-state index in [0.717, 1.165) is 24.7 Å². The number of hydrogen-bond donors (Lipinski definition) is 1. The van der Waals surface area contributed by atoms with Gasteiger partial charge < -0.3 is 4.90 Å². The van der Waals surface area contributed by atoms with Gasteiger partial charge in [-0.05, 0) is 12.8 Å². The van der Waals surface area contributed by atoms with Crippen molar-refractivity contribution in [2.24, 2.45) is 0 Å². The average Bonchev–Trinajstić information content (AvgIpc) is 2.50. The molecule has 0 aromatic heterocycles. The van der Waals surface area contributed by atoms with Crippen LogP contribution in [0.5, 0.6) is 0 Å². The molecule has 13 heavy (non-hydrogen) atoms. The fourth-order valence-electron chi connectivity index (χ4n) is 1.36. The maximum atomic E-state index is 7.87. The number of hydrogen-bond acceptors (Lipinski definition) is 2. The van der Waals surface area contributed by atoms with Crippen LogP contribution in [-0.2, 0) is 0 Å². The summed E-state index contributed by atoms with van der Waals surface area (Å²) < 4.78 is 0.284. The molecule has 76 valence electrons. The second-order valence-electron chi connectivity index (χ2n) is 4.54. The molecule has 0 saturated carbocycles. The number of nitrogens with zero attached hydrogens (tertiary/aromatic N) is 1. The molecule has 1 heterocycles. The van der Waals surface area contributed by atoms with Crippen LogP contribution in [0.2, 0.25) is 0 Å². The van der Waals surface area contributed by atoms with E-state index in [1.807, 2.05) is 11.8 Å². The standard InChI is InChI=1S/C10H20N2S/c1-10(2,3)13-8-9(11)12-6-4-5-7-12/h11H,4-8H2,1-3H3. The van der Waals surface area contributed by atoms with Gasteiger partial charge in [-0.3, -0.25) is 5.41 Å². The van der Waals surface area contributed by atoms with Gasteiger partial charge in [-0.25, -0.2) is 0 Å². The quantitative estimate of drug-likeness (QED) is 0.548. The molecule has 1 fully saturated rings. The lowest BCUT2D eigenvalue weighted by Gasteiger charge is -2.22. The monoisotopic (exact) mass is 200 g/mol. The molecule has 1 saturated heterocycles. The van der Waals surface area contributed by atoms with Crippen molar-refractivity contribution in [1.82, 2.24) is 4.90 Å². The molecule has 1 aliphatic rings. The number of rotatable bonds is 2. The molecule has 0 spiro atoms. The van der Waals surface area contributed by atoms with Gasteiger partial charge in [0.15, 0.2) is 0 Å². The summed E-state index contributed by atoms with van der Waals surface area (Å²) in [6.45, 7) is 8.81. The normalized spacial score (nSPS) is 17.9. The zero-order chi connectivity index (χ0) is 9.90. The molecule has 1 N–H and O–H groups in total. The third-order valence-electron chi connectivity index (χ3n) is 2.13. The van der Waals surface area contributed by atoms with Crippen molar-refractivity contribution in [1.29, 1.82) is 5.41 Å². The Morgan fingerprint density at radius 2 is 1.85 bits per heavy atom. The molecule has 0 aromatic carbocycles. The highest BCUT2D eigenvalue weighted by atomic mass is 32.2. The molecule has 0 radical (unpaired) electrons. The van der Waals surface area contributed by atoms with Gasteiger partial charge >= 0.3 is 0 Å². The maximum absolute atomic E-state index is 7.87. The minimum atomic E-state index is 0.284. The van der Waals surface area contributed by atoms with E-state index in [1.165, 1.54) is 12.8 Å². The molecular weight excluding hydrogens is 180 g/mol. The van der Waals surface area contributed by atoms with Crippen molar-refractivity contribution in [2.75, 3.05) is 18.8 Å². The van der Waals surface area contributed by atoms with Crippen molar-refractivity contribution in [3.8, 4) is 0 Å². The molecule has 0 aromatic rings. The largest absolute Gasteiger partial charge is 0.360 e. The zero-order valence-corrected chi connectivity index (χ0v) is 9.71. The molecule has 1 rings (SSSR count). The van der Waals surface area contributed by atoms with E-state index in [1.54, 1.807) is 0 Å². The fraction of sp³-hybridized carbons (Fsp3) is 0.900. The van der Waals surface area contributed by atoms with Gasteiger partial charge in [-0.2, -0.15) is 0 Å². The highest BCUT2D eigenvalue weighted by molar-refractivity contribution is 8.01. The lowest BCUT2D eigenvalue weighted by molar-refractivity contribution is 0.513. The predicted octanol–water partition coefficient (Wildman–Crippen LogP) is 2.59. The second kappa shape index (κ2) is 4.36. The van der Waals surface area contributed by atoms with E-state index in [4.69, 9.17) is 5.41 Å². The van der Waals surface area contributed by atoms with Gasteiger partial charge in [0, 0.05) is 17.8 Å². The molecule has 0 atom stereocenters. The third kappa shape index (κ3) is 4.03. The van der Waals surface area contributed by atoms with Crippen molar-refractivity contribution in [3.05, 3.63) is 0 Å². The summed E-state index contributed by atoms with van der Waals surface area (Å²) in [6.07, 6.45) is 2.53. The van der Waals surface area contributed by atoms with Crippen LogP contribution in [0.1, 0.15) is 33.6 Å². The van der Waals surface area contributed by atoms with Crippen molar-refractivity contribution >= 4 is 17.6 Å². The fourth-order valence-corrected chi connectivity index (χ4v) is 2.12. The smallest absolute Gasteiger partial charge is 0.106 e. The predicted molar refractivity (Wildman–Crippen MR) is 60.7 cm³/mol. The number of amidine groups is 1. The lowest BCUT2D eigenvalue weighted by atomic mass is 10.3. The van der Waals surface area contributed by atoms with Crippen LogP contribution < -0.4 is 0 Å². The molecule has 0 unspecified atom stereocenters. The Bertz CT molecular complexity index is 178. The van der Waals surface area contributed by atoms with Crippen molar-refractivity contribution in [2.45, 2.75) is 38.4 Å². The molecule has 0 amide bonds. The molecule has 1 aliphatic heterocycles. The summed E-state index contributed by atoms with van der Waals surface area (Å²) in [5, 5.41) is 7.87. The van der Waals surface area contributed by atoms with Gasteiger partial charge in [-0.1, -0.05) is 20.8 Å². The minimum Gasteiger partial charge on any atom is -0.360 e. The van der Waals surface area contributed by atoms with Crippen molar-refractivity contribution in [3.63, 3.8) is 0 Å². The van der Waals surface area contributed by atoms with E-state index < -0.39 is 0 Å². The Balaban J connectivity index is 2.25. The zero-order valence-electron chi connectivity index (χ0n) is 8.89. The Morgan fingerprint density at radius 3 is 2.31 bits per heavy atom. The minimum absolute atomic E-state index is 0.284. The van der Waals surface area contributed by atoms with E-state index in [0.29, 0.717) is 0 Å². The van der Waals surface area contributed by atoms with Gasteiger partial charge in [0.2, 0.25) is 0 Å². The summed E-state index contributed by atoms with van der Waals surface area (Å²) in [4.78, 5) is 2.21. The summed E-state index contributed by atoms with van der Waals surface area (Å²) in [5.74, 6) is 1.68. The van der Waals surface area contributed by atoms with Crippen LogP contribution in [0.3, 0.4) is 0 Å². The Labute approximate surface area is 85.6 Å². The maximum Gasteiger partial charge on any atom is 0.106 e. The van der Waals surface area contributed by atoms with E-state index in [-0.39, 0.29) is 4.75 Å². The summed E-state index contributed by atoms with van der Waals surface area (Å²) in [6, 6.07) is 0. The van der Waals surface area contributed by atoms with Crippen LogP contribution in [0.15, 0.2) is 0 Å². The highest BCUT2D eigenvalue weighted by Crippen LogP contribution is 2.23. The van der Waals surface area contributed by atoms with Crippen LogP contribution in [0.4, 0.5) is 0 Å². The summed E-state index contributed by atoms with van der Waals surface area (Å²) in [7, 11) is 0. The van der Waals surface area contributed by atoms with Gasteiger partial charge in [-0.15, -0.1) is 11.8 Å². The molecule has 0 bridgehead atoms. The second-order valence-corrected chi connectivity index (χ2v) is 6.34. The van der Waals surface area contributed by atoms with E-state index in [9.17, 15) is 0 Å². The van der Waals surface area contributed by atoms with Crippen LogP contribution in [0.25, 0.3) is 0 Å². The lowest BCUT2D eigenvalue weighted by Crippen LogP contribution is -2.29. The van der Waals surface area contributed by atoms with E-state index >= 15 is 0 Å². The SMILES string of the molecule is CC(C)(C)SCC(=N)N1CCCC1. The number of likely N-dealkylation sites (tertiary alicyclic amines) is 1. The molecule has 3 heteroatoms. The number of nitrogens with one attached hydrogen (secondary N) is 1. The highest BCUT2D eigenvalue weighted by Gasteiger charge is 2.17. The average molecular weight is 200 g/mol. The molecule has 0 aliphatic carbocycles. The third-order valence-corrected chi connectivity index (χ3v) is 3.41. The van der Waals surface area contributed by atoms with Crippen molar-refractivity contribution < 1.29 is 0 Å². The Kier molecular flexibility index (Phi) is 3.65. The van der Waals surface area contributed by atoms with Gasteiger partial charge in [0.25, 0.3) is 0 Å². The van der Waals surface area contributed by atoms with Crippen LogP contribution >= 0.6 is 11.8 Å². The topological polar surface area (TPSA) is 27.1 Å². The Hall–Kier alpha value is -0.180. The first-order chi connectivity index (χ1) is 5.99. The summed E-state index contributed by atoms with van der Waals surface area (Å²) in [5.41, 5.74) is 0. The van der Waals surface area contributed by atoms with Crippen LogP contribution in [0, 0.1) is 5.41 Å². The van der Waals surface area contributed by atoms with Gasteiger partial charge in [0.05, 0.1) is 5.75 Å². The van der Waals surface area contributed by atoms with E-state index in [2.05, 4.69) is 25.7 Å². The number of thioether (sulfide) groups is 1. The first kappa shape index (κ1) is 10.9. The summed E-state index contributed by atoms with van der Waals surface area (Å²) >= 11 is 1.86.